The molecule has 0 spiro atoms. The number of aryl methyl sites for hydroxylation is 1. The molecule has 0 bridgehead atoms. The number of fused-ring (bicyclic) bond motifs is 1. The Morgan fingerprint density at radius 2 is 2.06 bits per heavy atom. The Balaban J connectivity index is 1.80. The second kappa shape index (κ2) is 5.04. The molecule has 0 radical (unpaired) electrons. The Morgan fingerprint density at radius 3 is 2.78 bits per heavy atom. The molecule has 2 heterocycles. The molecule has 100 valence electrons. The van der Waals surface area contributed by atoms with Crippen LogP contribution in [0.2, 0.25) is 0 Å². The second-order valence-corrected chi connectivity index (χ2v) is 5.96. The average Bonchev–Trinajstić information content (AvgIpc) is 2.77. The van der Waals surface area contributed by atoms with Crippen LogP contribution < -0.4 is 5.32 Å². The maximum absolute atomic E-state index is 4.84. The molecule has 0 aromatic carbocycles. The first-order valence-corrected chi connectivity index (χ1v) is 7.57. The lowest BCUT2D eigenvalue weighted by Crippen LogP contribution is -2.27. The standard InChI is InChI=1S/C15H25N3/c1-3-12-4-6-13(7-5-12)18-15-8-9-16-10-14(15)11(2)17-18/h12-13,16H,3-10H2,1-2H3. The molecule has 1 aromatic heterocycles. The molecule has 0 amide bonds. The van der Waals surface area contributed by atoms with Crippen LogP contribution in [0, 0.1) is 12.8 Å². The fraction of sp³-hybridized carbons (Fsp3) is 0.800. The van der Waals surface area contributed by atoms with Crippen molar-refractivity contribution in [1.29, 1.82) is 0 Å². The highest BCUT2D eigenvalue weighted by molar-refractivity contribution is 5.28. The third-order valence-electron chi connectivity index (χ3n) is 4.90. The van der Waals surface area contributed by atoms with Crippen LogP contribution in [0.3, 0.4) is 0 Å². The predicted molar refractivity (Wildman–Crippen MR) is 73.7 cm³/mol. The summed E-state index contributed by atoms with van der Waals surface area (Å²) in [5, 5.41) is 8.30. The van der Waals surface area contributed by atoms with Crippen LogP contribution in [0.25, 0.3) is 0 Å². The Morgan fingerprint density at radius 1 is 1.28 bits per heavy atom. The van der Waals surface area contributed by atoms with Gasteiger partial charge < -0.3 is 5.32 Å². The van der Waals surface area contributed by atoms with Gasteiger partial charge in [0.1, 0.15) is 0 Å². The molecule has 1 aromatic rings. The van der Waals surface area contributed by atoms with Crippen LogP contribution in [0.4, 0.5) is 0 Å². The fourth-order valence-corrected chi connectivity index (χ4v) is 3.64. The highest BCUT2D eigenvalue weighted by Gasteiger charge is 2.26. The van der Waals surface area contributed by atoms with E-state index in [1.807, 2.05) is 0 Å². The van der Waals surface area contributed by atoms with Crippen LogP contribution in [0.5, 0.6) is 0 Å². The summed E-state index contributed by atoms with van der Waals surface area (Å²) in [5.41, 5.74) is 4.24. The van der Waals surface area contributed by atoms with Gasteiger partial charge in [0.05, 0.1) is 11.7 Å². The first-order valence-electron chi connectivity index (χ1n) is 7.57. The second-order valence-electron chi connectivity index (χ2n) is 5.96. The molecule has 3 nitrogen and oxygen atoms in total. The molecule has 1 N–H and O–H groups in total. The van der Waals surface area contributed by atoms with Gasteiger partial charge >= 0.3 is 0 Å². The predicted octanol–water partition coefficient (Wildman–Crippen LogP) is 2.98. The van der Waals surface area contributed by atoms with E-state index in [4.69, 9.17) is 5.10 Å². The molecule has 1 aliphatic carbocycles. The quantitative estimate of drug-likeness (QED) is 0.870. The van der Waals surface area contributed by atoms with Gasteiger partial charge in [0.25, 0.3) is 0 Å². The van der Waals surface area contributed by atoms with Crippen molar-refractivity contribution in [3.8, 4) is 0 Å². The Labute approximate surface area is 110 Å². The van der Waals surface area contributed by atoms with Gasteiger partial charge in [0.2, 0.25) is 0 Å². The summed E-state index contributed by atoms with van der Waals surface area (Å²) in [5.74, 6) is 0.968. The molecule has 2 aliphatic rings. The van der Waals surface area contributed by atoms with Gasteiger partial charge in [0, 0.05) is 30.8 Å². The van der Waals surface area contributed by atoms with Crippen LogP contribution in [0.15, 0.2) is 0 Å². The van der Waals surface area contributed by atoms with Crippen molar-refractivity contribution in [2.75, 3.05) is 6.54 Å². The van der Waals surface area contributed by atoms with Gasteiger partial charge in [0.15, 0.2) is 0 Å². The summed E-state index contributed by atoms with van der Waals surface area (Å²) in [6.45, 7) is 6.63. The van der Waals surface area contributed by atoms with E-state index < -0.39 is 0 Å². The third-order valence-corrected chi connectivity index (χ3v) is 4.90. The van der Waals surface area contributed by atoms with E-state index in [1.54, 1.807) is 0 Å². The molecule has 0 saturated heterocycles. The van der Waals surface area contributed by atoms with E-state index in [1.165, 1.54) is 49.1 Å². The number of nitrogens with one attached hydrogen (secondary N) is 1. The zero-order valence-corrected chi connectivity index (χ0v) is 11.7. The first-order chi connectivity index (χ1) is 8.79. The molecule has 1 saturated carbocycles. The molecule has 3 heteroatoms. The van der Waals surface area contributed by atoms with Crippen molar-refractivity contribution in [3.05, 3.63) is 17.0 Å². The molecular weight excluding hydrogens is 222 g/mol. The Kier molecular flexibility index (Phi) is 3.42. The summed E-state index contributed by atoms with van der Waals surface area (Å²) < 4.78 is 2.39. The van der Waals surface area contributed by atoms with Crippen LogP contribution in [-0.4, -0.2) is 16.3 Å². The Bertz CT molecular complexity index is 414. The highest BCUT2D eigenvalue weighted by Crippen LogP contribution is 2.35. The lowest BCUT2D eigenvalue weighted by molar-refractivity contribution is 0.251. The van der Waals surface area contributed by atoms with E-state index in [9.17, 15) is 0 Å². The number of hydrogen-bond acceptors (Lipinski definition) is 2. The molecular formula is C15H25N3. The minimum absolute atomic E-state index is 0.674. The first kappa shape index (κ1) is 12.2. The van der Waals surface area contributed by atoms with Crippen molar-refractivity contribution in [1.82, 2.24) is 15.1 Å². The van der Waals surface area contributed by atoms with E-state index >= 15 is 0 Å². The summed E-state index contributed by atoms with van der Waals surface area (Å²) >= 11 is 0. The van der Waals surface area contributed by atoms with E-state index in [-0.39, 0.29) is 0 Å². The molecule has 0 unspecified atom stereocenters. The van der Waals surface area contributed by atoms with Gasteiger partial charge in [-0.15, -0.1) is 0 Å². The van der Waals surface area contributed by atoms with E-state index in [0.29, 0.717) is 6.04 Å². The number of rotatable bonds is 2. The maximum Gasteiger partial charge on any atom is 0.0641 e. The van der Waals surface area contributed by atoms with E-state index in [2.05, 4.69) is 23.8 Å². The zero-order chi connectivity index (χ0) is 12.5. The van der Waals surface area contributed by atoms with Crippen molar-refractivity contribution >= 4 is 0 Å². The van der Waals surface area contributed by atoms with Gasteiger partial charge in [-0.25, -0.2) is 0 Å². The van der Waals surface area contributed by atoms with Crippen molar-refractivity contribution < 1.29 is 0 Å². The SMILES string of the molecule is CCC1CCC(n2nc(C)c3c2CCNC3)CC1. The summed E-state index contributed by atoms with van der Waals surface area (Å²) in [6, 6.07) is 0.674. The fourth-order valence-electron chi connectivity index (χ4n) is 3.64. The highest BCUT2D eigenvalue weighted by atomic mass is 15.3. The molecule has 3 rings (SSSR count). The van der Waals surface area contributed by atoms with E-state index in [0.717, 1.165) is 25.4 Å². The molecule has 1 fully saturated rings. The summed E-state index contributed by atoms with van der Waals surface area (Å²) in [6.07, 6.45) is 7.97. The van der Waals surface area contributed by atoms with Gasteiger partial charge in [-0.1, -0.05) is 13.3 Å². The van der Waals surface area contributed by atoms with Crippen molar-refractivity contribution in [2.24, 2.45) is 5.92 Å². The summed E-state index contributed by atoms with van der Waals surface area (Å²) in [7, 11) is 0. The normalized spacial score (nSPS) is 28.1. The zero-order valence-electron chi connectivity index (χ0n) is 11.7. The van der Waals surface area contributed by atoms with Crippen LogP contribution >= 0.6 is 0 Å². The average molecular weight is 247 g/mol. The van der Waals surface area contributed by atoms with Gasteiger partial charge in [-0.3, -0.25) is 4.68 Å². The molecule has 1 aliphatic heterocycles. The monoisotopic (exact) mass is 247 g/mol. The lowest BCUT2D eigenvalue weighted by Gasteiger charge is -2.29. The number of aromatic nitrogens is 2. The van der Waals surface area contributed by atoms with Crippen molar-refractivity contribution in [3.63, 3.8) is 0 Å². The largest absolute Gasteiger partial charge is 0.312 e. The Hall–Kier alpha value is -0.830. The smallest absolute Gasteiger partial charge is 0.0641 e. The third kappa shape index (κ3) is 2.09. The van der Waals surface area contributed by atoms with Gasteiger partial charge in [-0.05, 0) is 38.5 Å². The lowest BCUT2D eigenvalue weighted by atomic mass is 9.84. The van der Waals surface area contributed by atoms with Gasteiger partial charge in [-0.2, -0.15) is 5.10 Å². The molecule has 0 atom stereocenters. The maximum atomic E-state index is 4.84. The minimum atomic E-state index is 0.674. The van der Waals surface area contributed by atoms with Crippen molar-refractivity contribution in [2.45, 2.75) is 65.0 Å². The molecule has 18 heavy (non-hydrogen) atoms. The minimum Gasteiger partial charge on any atom is -0.312 e. The number of nitrogens with zero attached hydrogens (tertiary/aromatic N) is 2. The summed E-state index contributed by atoms with van der Waals surface area (Å²) in [4.78, 5) is 0. The topological polar surface area (TPSA) is 29.9 Å². The van der Waals surface area contributed by atoms with Crippen LogP contribution in [0.1, 0.15) is 62.0 Å². The van der Waals surface area contributed by atoms with Crippen LogP contribution in [-0.2, 0) is 13.0 Å². The number of hydrogen-bond donors (Lipinski definition) is 1.